The lowest BCUT2D eigenvalue weighted by atomic mass is 9.88. The first-order valence-corrected chi connectivity index (χ1v) is 28.0. The number of nitrogens with one attached hydrogen (secondary N) is 2. The highest BCUT2D eigenvalue weighted by Gasteiger charge is 2.57. The highest BCUT2D eigenvalue weighted by molar-refractivity contribution is 5.78. The molecule has 20 nitrogen and oxygen atoms in total. The Morgan fingerprint density at radius 2 is 1.16 bits per heavy atom. The van der Waals surface area contributed by atoms with Crippen LogP contribution in [-0.4, -0.2) is 186 Å². The summed E-state index contributed by atoms with van der Waals surface area (Å²) in [4.78, 5) is 38.1. The molecule has 0 radical (unpaired) electrons. The van der Waals surface area contributed by atoms with E-state index in [0.717, 1.165) is 57.3 Å². The van der Waals surface area contributed by atoms with Crippen molar-refractivity contribution in [3.05, 3.63) is 0 Å². The van der Waals surface area contributed by atoms with Gasteiger partial charge in [0, 0.05) is 12.8 Å². The molecule has 0 aliphatic carbocycles. The maximum absolute atomic E-state index is 13.3. The van der Waals surface area contributed by atoms with Crippen LogP contribution >= 0.6 is 0 Å². The van der Waals surface area contributed by atoms with E-state index in [9.17, 15) is 70.6 Å². The van der Waals surface area contributed by atoms with Gasteiger partial charge < -0.3 is 85.8 Å². The van der Waals surface area contributed by atoms with Crippen LogP contribution in [0.25, 0.3) is 0 Å². The zero-order valence-corrected chi connectivity index (χ0v) is 44.5. The topological polar surface area (TPSA) is 335 Å². The van der Waals surface area contributed by atoms with Gasteiger partial charge >= 0.3 is 5.97 Å². The monoisotopic (exact) mass is 1050 g/mol. The second-order valence-corrected chi connectivity index (χ2v) is 21.1. The van der Waals surface area contributed by atoms with E-state index in [-0.39, 0.29) is 12.8 Å². The normalized spacial score (nSPS) is 26.5. The van der Waals surface area contributed by atoms with Crippen LogP contribution in [0.5, 0.6) is 0 Å². The molecule has 0 unspecified atom stereocenters. The molecule has 430 valence electrons. The lowest BCUT2D eigenvalue weighted by Crippen LogP contribution is -2.68. The van der Waals surface area contributed by atoms with Gasteiger partial charge in [-0.05, 0) is 18.8 Å². The average molecular weight is 1050 g/mol. The van der Waals surface area contributed by atoms with Crippen molar-refractivity contribution in [3.63, 3.8) is 0 Å². The van der Waals surface area contributed by atoms with E-state index in [1.807, 2.05) is 0 Å². The number of rotatable bonds is 43. The first-order valence-electron chi connectivity index (χ1n) is 28.0. The van der Waals surface area contributed by atoms with Crippen LogP contribution in [0.1, 0.15) is 201 Å². The smallest absolute Gasteiger partial charge is 0.364 e. The number of carboxylic acids is 1. The van der Waals surface area contributed by atoms with Gasteiger partial charge in [-0.15, -0.1) is 0 Å². The van der Waals surface area contributed by atoms with Crippen LogP contribution in [0.4, 0.5) is 0 Å². The summed E-state index contributed by atoms with van der Waals surface area (Å²) in [7, 11) is 0. The van der Waals surface area contributed by atoms with Crippen LogP contribution in [-0.2, 0) is 33.3 Å². The van der Waals surface area contributed by atoms with Crippen molar-refractivity contribution in [1.29, 1.82) is 0 Å². The lowest BCUT2D eigenvalue weighted by Gasteiger charge is -2.47. The second kappa shape index (κ2) is 38.4. The molecule has 0 aromatic carbocycles. The summed E-state index contributed by atoms with van der Waals surface area (Å²) >= 11 is 0. The van der Waals surface area contributed by atoms with Crippen LogP contribution < -0.4 is 10.6 Å². The van der Waals surface area contributed by atoms with Gasteiger partial charge in [0.15, 0.2) is 6.29 Å². The van der Waals surface area contributed by atoms with Gasteiger partial charge in [0.1, 0.15) is 55.4 Å². The molecule has 0 aromatic rings. The number of ether oxygens (including phenoxy) is 4. The molecule has 0 bridgehead atoms. The van der Waals surface area contributed by atoms with Crippen molar-refractivity contribution in [2.45, 2.75) is 286 Å². The Balaban J connectivity index is 2.06. The maximum Gasteiger partial charge on any atom is 0.364 e. The minimum atomic E-state index is -2.86. The van der Waals surface area contributed by atoms with Crippen molar-refractivity contribution >= 4 is 17.8 Å². The number of carbonyl (C=O) groups is 3. The Bertz CT molecular complexity index is 1450. The molecule has 2 amide bonds. The fraction of sp³-hybridized carbons (Fsp3) is 0.943. The summed E-state index contributed by atoms with van der Waals surface area (Å²) in [5, 5.41) is 121. The average Bonchev–Trinajstić information content (AvgIpc) is 3.36. The van der Waals surface area contributed by atoms with Crippen LogP contribution in [0.3, 0.4) is 0 Å². The summed E-state index contributed by atoms with van der Waals surface area (Å²) < 4.78 is 22.8. The standard InChI is InChI=1S/C53H100N2O18/c1-4-5-6-7-8-9-10-11-12-13-14-18-21-24-27-30-42(61)54-37(45(63)38(58)29-26-23-20-17-15-16-19-22-25-28-36(2)3)34-70-51-49(67)48(66)47(65)41(72-51)35-71-53(52(68)69)31-39(59)44(55-43(62)33-57)50(73-53)46(64)40(60)32-56/h36-41,44-51,56-60,63-67H,4-35H2,1-3H3,(H,54,61)(H,55,62)(H,68,69)/t37-,38+,39-,40+,41+,44+,45-,46+,47+,48-,49+,50+,51+,53+/m0/s1. The number of hydrogen-bond acceptors (Lipinski definition) is 17. The zero-order chi connectivity index (χ0) is 54.2. The van der Waals surface area contributed by atoms with Gasteiger partial charge in [0.05, 0.1) is 44.1 Å². The van der Waals surface area contributed by atoms with Gasteiger partial charge in [-0.3, -0.25) is 9.59 Å². The van der Waals surface area contributed by atoms with Crippen molar-refractivity contribution < 1.29 is 89.5 Å². The van der Waals surface area contributed by atoms with Crippen molar-refractivity contribution in [2.24, 2.45) is 5.92 Å². The summed E-state index contributed by atoms with van der Waals surface area (Å²) in [6, 6.07) is -2.83. The molecule has 14 atom stereocenters. The van der Waals surface area contributed by atoms with E-state index < -0.39 is 136 Å². The van der Waals surface area contributed by atoms with Crippen LogP contribution in [0.15, 0.2) is 0 Å². The molecule has 2 aliphatic heterocycles. The number of hydrogen-bond donors (Lipinski definition) is 13. The van der Waals surface area contributed by atoms with Gasteiger partial charge in [0.2, 0.25) is 11.8 Å². The fourth-order valence-electron chi connectivity index (χ4n) is 9.62. The number of amides is 2. The SMILES string of the molecule is CCCCCCCCCCCCCCCCCC(=O)N[C@@H](CO[C@@H]1O[C@H](CO[C@]2(C(=O)O)C[C@H](O)[C@@H](NC(=O)CO)[C@H]([C@H](O)[C@H](O)CO)O2)[C@@H](O)[C@H](O)[C@H]1O)[C@H](O)[C@H](O)CCCCCCCCCCCC(C)C. The molecule has 0 saturated carbocycles. The second-order valence-electron chi connectivity index (χ2n) is 21.1. The van der Waals surface area contributed by atoms with Crippen molar-refractivity contribution in [2.75, 3.05) is 26.4 Å². The fourth-order valence-corrected chi connectivity index (χ4v) is 9.62. The van der Waals surface area contributed by atoms with Gasteiger partial charge in [0.25, 0.3) is 5.79 Å². The molecule has 13 N–H and O–H groups in total. The lowest BCUT2D eigenvalue weighted by molar-refractivity contribution is -0.339. The quantitative estimate of drug-likeness (QED) is 0.0389. The van der Waals surface area contributed by atoms with E-state index in [4.69, 9.17) is 18.9 Å². The number of aliphatic hydroxyl groups is 10. The number of aliphatic carboxylic acids is 1. The summed E-state index contributed by atoms with van der Waals surface area (Å²) in [6.45, 7) is 3.14. The predicted molar refractivity (Wildman–Crippen MR) is 272 cm³/mol. The number of carbonyl (C=O) groups excluding carboxylic acids is 2. The van der Waals surface area contributed by atoms with E-state index in [1.165, 1.54) is 96.3 Å². The Labute approximate surface area is 434 Å². The third-order valence-corrected chi connectivity index (χ3v) is 14.3. The van der Waals surface area contributed by atoms with E-state index in [2.05, 4.69) is 31.4 Å². The number of aliphatic hydroxyl groups excluding tert-OH is 10. The van der Waals surface area contributed by atoms with Crippen molar-refractivity contribution in [3.8, 4) is 0 Å². The number of unbranched alkanes of at least 4 members (excludes halogenated alkanes) is 22. The molecule has 2 rings (SSSR count). The van der Waals surface area contributed by atoms with Crippen LogP contribution in [0, 0.1) is 5.92 Å². The van der Waals surface area contributed by atoms with Crippen LogP contribution in [0.2, 0.25) is 0 Å². The highest BCUT2D eigenvalue weighted by Crippen LogP contribution is 2.35. The third kappa shape index (κ3) is 25.7. The van der Waals surface area contributed by atoms with Gasteiger partial charge in [-0.2, -0.15) is 0 Å². The molecule has 2 fully saturated rings. The van der Waals surface area contributed by atoms with E-state index in [1.54, 1.807) is 0 Å². The minimum Gasteiger partial charge on any atom is -0.477 e. The minimum absolute atomic E-state index is 0.148. The Hall–Kier alpha value is -2.15. The molecule has 2 saturated heterocycles. The Morgan fingerprint density at radius 3 is 1.66 bits per heavy atom. The zero-order valence-electron chi connectivity index (χ0n) is 44.5. The molecular formula is C53H100N2O18. The summed E-state index contributed by atoms with van der Waals surface area (Å²) in [5.41, 5.74) is 0. The summed E-state index contributed by atoms with van der Waals surface area (Å²) in [6.07, 6.45) is 7.83. The Morgan fingerprint density at radius 1 is 0.658 bits per heavy atom. The molecule has 73 heavy (non-hydrogen) atoms. The molecule has 20 heteroatoms. The van der Waals surface area contributed by atoms with Gasteiger partial charge in [-0.25, -0.2) is 4.79 Å². The van der Waals surface area contributed by atoms with Gasteiger partial charge in [-0.1, -0.05) is 175 Å². The highest BCUT2D eigenvalue weighted by atomic mass is 16.7. The maximum atomic E-state index is 13.3. The molecular weight excluding hydrogens is 953 g/mol. The van der Waals surface area contributed by atoms with E-state index in [0.29, 0.717) is 12.8 Å². The molecule has 2 aliphatic rings. The number of carboxylic acid groups (broad SMARTS) is 1. The molecule has 0 spiro atoms. The molecule has 2 heterocycles. The molecule has 0 aromatic heterocycles. The van der Waals surface area contributed by atoms with Crippen molar-refractivity contribution in [1.82, 2.24) is 10.6 Å². The largest absolute Gasteiger partial charge is 0.477 e. The summed E-state index contributed by atoms with van der Waals surface area (Å²) in [5.74, 6) is -5.46. The first kappa shape index (κ1) is 67.0. The Kier molecular flexibility index (Phi) is 35.2. The predicted octanol–water partition coefficient (Wildman–Crippen LogP) is 3.36. The first-order chi connectivity index (χ1) is 34.9. The van der Waals surface area contributed by atoms with E-state index >= 15 is 0 Å². The third-order valence-electron chi connectivity index (χ3n) is 14.3.